The van der Waals surface area contributed by atoms with Crippen molar-refractivity contribution in [1.82, 2.24) is 9.78 Å². The van der Waals surface area contributed by atoms with Crippen LogP contribution in [0.2, 0.25) is 0 Å². The molecule has 0 N–H and O–H groups in total. The molecule has 0 aliphatic heterocycles. The lowest BCUT2D eigenvalue weighted by molar-refractivity contribution is 0.405. The molecule has 1 heterocycles. The first-order valence-electron chi connectivity index (χ1n) is 7.13. The SMILES string of the molecule is Brc1ccccc1-c1cnn(C2CCCCCC2)c1. The zero-order valence-corrected chi connectivity index (χ0v) is 12.6. The summed E-state index contributed by atoms with van der Waals surface area (Å²) in [6.07, 6.45) is 12.2. The second-order valence-corrected chi connectivity index (χ2v) is 6.19. The van der Waals surface area contributed by atoms with E-state index in [1.54, 1.807) is 0 Å². The van der Waals surface area contributed by atoms with E-state index in [4.69, 9.17) is 0 Å². The Morgan fingerprint density at radius 3 is 2.53 bits per heavy atom. The molecule has 1 aliphatic rings. The highest BCUT2D eigenvalue weighted by Crippen LogP contribution is 2.31. The largest absolute Gasteiger partial charge is 0.269 e. The van der Waals surface area contributed by atoms with Gasteiger partial charge in [0.2, 0.25) is 0 Å². The quantitative estimate of drug-likeness (QED) is 0.695. The van der Waals surface area contributed by atoms with Gasteiger partial charge < -0.3 is 0 Å². The minimum absolute atomic E-state index is 0.596. The van der Waals surface area contributed by atoms with Gasteiger partial charge in [0.25, 0.3) is 0 Å². The average molecular weight is 319 g/mol. The van der Waals surface area contributed by atoms with Crippen LogP contribution in [0.5, 0.6) is 0 Å². The van der Waals surface area contributed by atoms with Gasteiger partial charge in [0.05, 0.1) is 12.2 Å². The van der Waals surface area contributed by atoms with Crippen molar-refractivity contribution in [3.05, 3.63) is 41.1 Å². The van der Waals surface area contributed by atoms with Crippen LogP contribution in [0.15, 0.2) is 41.1 Å². The molecule has 0 radical (unpaired) electrons. The van der Waals surface area contributed by atoms with Crippen LogP contribution in [0.4, 0.5) is 0 Å². The lowest BCUT2D eigenvalue weighted by atomic mass is 10.1. The first-order valence-corrected chi connectivity index (χ1v) is 7.93. The van der Waals surface area contributed by atoms with Gasteiger partial charge in [-0.3, -0.25) is 4.68 Å². The van der Waals surface area contributed by atoms with Crippen LogP contribution >= 0.6 is 15.9 Å². The van der Waals surface area contributed by atoms with Gasteiger partial charge in [0.1, 0.15) is 0 Å². The standard InChI is InChI=1S/C16H19BrN2/c17-16-10-6-5-9-15(16)13-11-18-19(12-13)14-7-3-1-2-4-8-14/h5-6,9-12,14H,1-4,7-8H2. The van der Waals surface area contributed by atoms with Gasteiger partial charge in [-0.15, -0.1) is 0 Å². The minimum atomic E-state index is 0.596. The molecule has 2 aromatic rings. The molecule has 3 rings (SSSR count). The van der Waals surface area contributed by atoms with E-state index in [0.717, 1.165) is 4.47 Å². The van der Waals surface area contributed by atoms with E-state index in [0.29, 0.717) is 6.04 Å². The van der Waals surface area contributed by atoms with E-state index in [1.165, 1.54) is 49.7 Å². The van der Waals surface area contributed by atoms with Crippen molar-refractivity contribution in [2.75, 3.05) is 0 Å². The third-order valence-electron chi connectivity index (χ3n) is 3.99. The third-order valence-corrected chi connectivity index (χ3v) is 4.68. The lowest BCUT2D eigenvalue weighted by Gasteiger charge is -2.14. The van der Waals surface area contributed by atoms with Crippen LogP contribution in [-0.4, -0.2) is 9.78 Å². The molecule has 1 aliphatic carbocycles. The van der Waals surface area contributed by atoms with Crippen LogP contribution in [0.1, 0.15) is 44.6 Å². The topological polar surface area (TPSA) is 17.8 Å². The summed E-state index contributed by atoms with van der Waals surface area (Å²) in [5, 5.41) is 4.59. The van der Waals surface area contributed by atoms with Crippen molar-refractivity contribution >= 4 is 15.9 Å². The highest BCUT2D eigenvalue weighted by molar-refractivity contribution is 9.10. The molecule has 19 heavy (non-hydrogen) atoms. The molecular formula is C16H19BrN2. The summed E-state index contributed by atoms with van der Waals surface area (Å²) < 4.78 is 3.32. The van der Waals surface area contributed by atoms with Gasteiger partial charge in [-0.2, -0.15) is 5.10 Å². The smallest absolute Gasteiger partial charge is 0.0568 e. The molecule has 2 nitrogen and oxygen atoms in total. The van der Waals surface area contributed by atoms with Gasteiger partial charge in [0, 0.05) is 16.2 Å². The second kappa shape index (κ2) is 5.91. The molecule has 0 spiro atoms. The Morgan fingerprint density at radius 1 is 1.05 bits per heavy atom. The normalized spacial score (nSPS) is 17.3. The Hall–Kier alpha value is -1.09. The lowest BCUT2D eigenvalue weighted by Crippen LogP contribution is -2.08. The van der Waals surface area contributed by atoms with Crippen molar-refractivity contribution in [2.24, 2.45) is 0 Å². The molecule has 1 aromatic carbocycles. The molecule has 0 saturated heterocycles. The maximum absolute atomic E-state index is 4.59. The number of aromatic nitrogens is 2. The summed E-state index contributed by atoms with van der Waals surface area (Å²) in [5.41, 5.74) is 2.43. The third kappa shape index (κ3) is 2.92. The molecule has 1 fully saturated rings. The van der Waals surface area contributed by atoms with Crippen LogP contribution in [0, 0.1) is 0 Å². The van der Waals surface area contributed by atoms with E-state index in [9.17, 15) is 0 Å². The van der Waals surface area contributed by atoms with Crippen LogP contribution < -0.4 is 0 Å². The van der Waals surface area contributed by atoms with Gasteiger partial charge in [-0.05, 0) is 24.5 Å². The molecule has 3 heteroatoms. The highest BCUT2D eigenvalue weighted by Gasteiger charge is 2.15. The second-order valence-electron chi connectivity index (χ2n) is 5.33. The zero-order valence-electron chi connectivity index (χ0n) is 11.1. The van der Waals surface area contributed by atoms with E-state index >= 15 is 0 Å². The molecule has 1 saturated carbocycles. The van der Waals surface area contributed by atoms with Crippen LogP contribution in [-0.2, 0) is 0 Å². The molecule has 0 unspecified atom stereocenters. The van der Waals surface area contributed by atoms with Crippen molar-refractivity contribution in [1.29, 1.82) is 0 Å². The number of benzene rings is 1. The number of hydrogen-bond donors (Lipinski definition) is 0. The van der Waals surface area contributed by atoms with Crippen molar-refractivity contribution in [3.8, 4) is 11.1 Å². The fourth-order valence-electron chi connectivity index (χ4n) is 2.89. The average Bonchev–Trinajstić information content (AvgIpc) is 2.75. The Bertz CT molecular complexity index is 539. The van der Waals surface area contributed by atoms with E-state index in [1.807, 2.05) is 12.3 Å². The minimum Gasteiger partial charge on any atom is -0.269 e. The number of nitrogens with zero attached hydrogens (tertiary/aromatic N) is 2. The van der Waals surface area contributed by atoms with Crippen LogP contribution in [0.25, 0.3) is 11.1 Å². The van der Waals surface area contributed by atoms with Gasteiger partial charge in [-0.1, -0.05) is 59.8 Å². The number of halogens is 1. The van der Waals surface area contributed by atoms with Crippen molar-refractivity contribution < 1.29 is 0 Å². The number of hydrogen-bond acceptors (Lipinski definition) is 1. The highest BCUT2D eigenvalue weighted by atomic mass is 79.9. The Kier molecular flexibility index (Phi) is 4.02. The van der Waals surface area contributed by atoms with E-state index in [-0.39, 0.29) is 0 Å². The van der Waals surface area contributed by atoms with Crippen molar-refractivity contribution in [3.63, 3.8) is 0 Å². The monoisotopic (exact) mass is 318 g/mol. The first-order chi connectivity index (χ1) is 9.34. The molecule has 0 atom stereocenters. The fourth-order valence-corrected chi connectivity index (χ4v) is 3.41. The molecule has 0 amide bonds. The van der Waals surface area contributed by atoms with Crippen molar-refractivity contribution in [2.45, 2.75) is 44.6 Å². The van der Waals surface area contributed by atoms with Crippen LogP contribution in [0.3, 0.4) is 0 Å². The number of rotatable bonds is 2. The Morgan fingerprint density at radius 2 is 1.79 bits per heavy atom. The molecule has 0 bridgehead atoms. The molecular weight excluding hydrogens is 300 g/mol. The predicted octanol–water partition coefficient (Wildman–Crippen LogP) is 5.21. The Labute approximate surface area is 123 Å². The van der Waals surface area contributed by atoms with Gasteiger partial charge >= 0.3 is 0 Å². The summed E-state index contributed by atoms with van der Waals surface area (Å²) in [6, 6.07) is 8.93. The fraction of sp³-hybridized carbons (Fsp3) is 0.438. The Balaban J connectivity index is 1.85. The summed E-state index contributed by atoms with van der Waals surface area (Å²) in [6.45, 7) is 0. The zero-order chi connectivity index (χ0) is 13.1. The predicted molar refractivity (Wildman–Crippen MR) is 82.1 cm³/mol. The maximum atomic E-state index is 4.59. The summed E-state index contributed by atoms with van der Waals surface area (Å²) in [5.74, 6) is 0. The summed E-state index contributed by atoms with van der Waals surface area (Å²) in [7, 11) is 0. The summed E-state index contributed by atoms with van der Waals surface area (Å²) >= 11 is 3.61. The maximum Gasteiger partial charge on any atom is 0.0568 e. The van der Waals surface area contributed by atoms with Gasteiger partial charge in [0.15, 0.2) is 0 Å². The molecule has 1 aromatic heterocycles. The molecule has 100 valence electrons. The first kappa shape index (κ1) is 12.9. The summed E-state index contributed by atoms with van der Waals surface area (Å²) in [4.78, 5) is 0. The van der Waals surface area contributed by atoms with E-state index in [2.05, 4.69) is 50.1 Å². The van der Waals surface area contributed by atoms with Gasteiger partial charge in [-0.25, -0.2) is 0 Å². The van der Waals surface area contributed by atoms with E-state index < -0.39 is 0 Å².